The Balaban J connectivity index is 1.62. The molecule has 0 saturated carbocycles. The van der Waals surface area contributed by atoms with Crippen LogP contribution in [0.4, 0.5) is 23.2 Å². The lowest BCUT2D eigenvalue weighted by atomic mass is 10.1. The minimum absolute atomic E-state index is 0.0327. The third-order valence-electron chi connectivity index (χ3n) is 4.87. The molecule has 2 aromatic rings. The Morgan fingerprint density at radius 3 is 2.21 bits per heavy atom. The van der Waals surface area contributed by atoms with Crippen LogP contribution in [0, 0.1) is 15.9 Å². The molecule has 0 unspecified atom stereocenters. The number of nitro benzene ring substituents is 1. The van der Waals surface area contributed by atoms with Gasteiger partial charge in [-0.3, -0.25) is 14.9 Å². The molecule has 0 N–H and O–H groups in total. The lowest BCUT2D eigenvalue weighted by Gasteiger charge is -2.34. The Hall–Kier alpha value is -3.26. The number of benzene rings is 2. The van der Waals surface area contributed by atoms with Crippen molar-refractivity contribution in [2.75, 3.05) is 32.8 Å². The van der Waals surface area contributed by atoms with Gasteiger partial charge in [-0.15, -0.1) is 0 Å². The first kappa shape index (κ1) is 24.4. The standard InChI is InChI=1S/C19H17F4N3O6S/c20-13-1-4-15(5-2-13)33(30,31)25-9-7-24(8-10-25)18(27)12-32-17-6-3-14(26(28)29)11-16(17)19(21,22)23/h1-6,11H,7-10,12H2. The molecule has 1 aliphatic heterocycles. The van der Waals surface area contributed by atoms with E-state index in [9.17, 15) is 40.9 Å². The van der Waals surface area contributed by atoms with Crippen LogP contribution in [-0.2, 0) is 21.0 Å². The van der Waals surface area contributed by atoms with Gasteiger partial charge in [0.05, 0.1) is 9.82 Å². The number of amides is 1. The predicted octanol–water partition coefficient (Wildman–Crippen LogP) is 2.66. The summed E-state index contributed by atoms with van der Waals surface area (Å²) in [5.41, 5.74) is -2.17. The molecule has 0 atom stereocenters. The Morgan fingerprint density at radius 1 is 1.06 bits per heavy atom. The fourth-order valence-corrected chi connectivity index (χ4v) is 4.57. The summed E-state index contributed by atoms with van der Waals surface area (Å²) < 4.78 is 84.0. The maximum absolute atomic E-state index is 13.2. The summed E-state index contributed by atoms with van der Waals surface area (Å²) in [7, 11) is -3.90. The van der Waals surface area contributed by atoms with Gasteiger partial charge in [-0.25, -0.2) is 12.8 Å². The Labute approximate surface area is 185 Å². The van der Waals surface area contributed by atoms with Gasteiger partial charge in [0, 0.05) is 38.3 Å². The first-order valence-corrected chi connectivity index (χ1v) is 10.9. The van der Waals surface area contributed by atoms with E-state index in [0.717, 1.165) is 40.7 Å². The molecule has 1 heterocycles. The molecule has 33 heavy (non-hydrogen) atoms. The van der Waals surface area contributed by atoms with Crippen molar-refractivity contribution in [3.8, 4) is 5.75 Å². The van der Waals surface area contributed by atoms with Gasteiger partial charge in [0.2, 0.25) is 10.0 Å². The van der Waals surface area contributed by atoms with E-state index in [4.69, 9.17) is 4.74 Å². The number of alkyl halides is 3. The van der Waals surface area contributed by atoms with E-state index in [1.165, 1.54) is 4.90 Å². The normalized spacial score (nSPS) is 15.3. The molecule has 14 heteroatoms. The van der Waals surface area contributed by atoms with Gasteiger partial charge >= 0.3 is 6.18 Å². The molecule has 178 valence electrons. The monoisotopic (exact) mass is 491 g/mol. The molecule has 0 spiro atoms. The van der Waals surface area contributed by atoms with E-state index in [1.807, 2.05) is 0 Å². The summed E-state index contributed by atoms with van der Waals surface area (Å²) in [6.07, 6.45) is -4.94. The number of carbonyl (C=O) groups is 1. The number of carbonyl (C=O) groups excluding carboxylic acids is 1. The zero-order valence-corrected chi connectivity index (χ0v) is 17.6. The quantitative estimate of drug-likeness (QED) is 0.349. The minimum atomic E-state index is -4.94. The van der Waals surface area contributed by atoms with Crippen molar-refractivity contribution in [2.24, 2.45) is 0 Å². The number of hydrogen-bond donors (Lipinski definition) is 0. The maximum atomic E-state index is 13.2. The van der Waals surface area contributed by atoms with Crippen molar-refractivity contribution >= 4 is 21.6 Å². The lowest BCUT2D eigenvalue weighted by molar-refractivity contribution is -0.385. The highest BCUT2D eigenvalue weighted by Crippen LogP contribution is 2.38. The van der Waals surface area contributed by atoms with E-state index in [2.05, 4.69) is 0 Å². The number of nitrogens with zero attached hydrogens (tertiary/aromatic N) is 3. The summed E-state index contributed by atoms with van der Waals surface area (Å²) in [6.45, 7) is -0.983. The zero-order valence-electron chi connectivity index (χ0n) is 16.8. The first-order chi connectivity index (χ1) is 15.4. The van der Waals surface area contributed by atoms with Crippen molar-refractivity contribution in [3.05, 3.63) is 64.0 Å². The van der Waals surface area contributed by atoms with Gasteiger partial charge < -0.3 is 9.64 Å². The molecule has 0 radical (unpaired) electrons. The van der Waals surface area contributed by atoms with E-state index in [-0.39, 0.29) is 31.1 Å². The highest BCUT2D eigenvalue weighted by molar-refractivity contribution is 7.89. The molecule has 2 aromatic carbocycles. The number of sulfonamides is 1. The molecular weight excluding hydrogens is 474 g/mol. The summed E-state index contributed by atoms with van der Waals surface area (Å²) >= 11 is 0. The number of non-ortho nitro benzene ring substituents is 1. The molecule has 0 bridgehead atoms. The Bertz CT molecular complexity index is 1150. The van der Waals surface area contributed by atoms with Crippen molar-refractivity contribution in [2.45, 2.75) is 11.1 Å². The molecular formula is C19H17F4N3O6S. The number of piperazine rings is 1. The van der Waals surface area contributed by atoms with Crippen LogP contribution in [0.2, 0.25) is 0 Å². The van der Waals surface area contributed by atoms with Gasteiger partial charge in [0.15, 0.2) is 6.61 Å². The minimum Gasteiger partial charge on any atom is -0.483 e. The van der Waals surface area contributed by atoms with E-state index in [1.54, 1.807) is 0 Å². The van der Waals surface area contributed by atoms with Gasteiger partial charge in [-0.2, -0.15) is 17.5 Å². The highest BCUT2D eigenvalue weighted by atomic mass is 32.2. The van der Waals surface area contributed by atoms with Crippen molar-refractivity contribution in [1.82, 2.24) is 9.21 Å². The molecule has 1 aliphatic rings. The predicted molar refractivity (Wildman–Crippen MR) is 105 cm³/mol. The van der Waals surface area contributed by atoms with Crippen LogP contribution >= 0.6 is 0 Å². The Morgan fingerprint density at radius 2 is 1.67 bits per heavy atom. The number of ether oxygens (including phenoxy) is 1. The molecule has 9 nitrogen and oxygen atoms in total. The van der Waals surface area contributed by atoms with E-state index in [0.29, 0.717) is 6.07 Å². The number of hydrogen-bond acceptors (Lipinski definition) is 6. The molecule has 3 rings (SSSR count). The number of halogens is 4. The average Bonchev–Trinajstić information content (AvgIpc) is 2.77. The Kier molecular flexibility index (Phi) is 6.88. The van der Waals surface area contributed by atoms with Gasteiger partial charge in [0.1, 0.15) is 17.1 Å². The second-order valence-corrected chi connectivity index (χ2v) is 8.90. The average molecular weight is 491 g/mol. The molecule has 0 aliphatic carbocycles. The van der Waals surface area contributed by atoms with E-state index < -0.39 is 56.5 Å². The summed E-state index contributed by atoms with van der Waals surface area (Å²) in [4.78, 5) is 23.3. The SMILES string of the molecule is O=C(COc1ccc([N+](=O)[O-])cc1C(F)(F)F)N1CCN(S(=O)(=O)c2ccc(F)cc2)CC1. The number of rotatable bonds is 6. The topological polar surface area (TPSA) is 110 Å². The lowest BCUT2D eigenvalue weighted by Crippen LogP contribution is -2.51. The van der Waals surface area contributed by atoms with Crippen molar-refractivity contribution < 1.29 is 40.4 Å². The van der Waals surface area contributed by atoms with Gasteiger partial charge in [-0.05, 0) is 30.3 Å². The van der Waals surface area contributed by atoms with Crippen LogP contribution in [0.15, 0.2) is 47.4 Å². The summed E-state index contributed by atoms with van der Waals surface area (Å²) in [5, 5.41) is 10.7. The number of nitro groups is 1. The van der Waals surface area contributed by atoms with Crippen LogP contribution in [0.5, 0.6) is 5.75 Å². The van der Waals surface area contributed by atoms with Gasteiger partial charge in [0.25, 0.3) is 11.6 Å². The van der Waals surface area contributed by atoms with Crippen molar-refractivity contribution in [1.29, 1.82) is 0 Å². The fraction of sp³-hybridized carbons (Fsp3) is 0.316. The van der Waals surface area contributed by atoms with Crippen LogP contribution in [0.25, 0.3) is 0 Å². The zero-order chi connectivity index (χ0) is 24.4. The van der Waals surface area contributed by atoms with Gasteiger partial charge in [-0.1, -0.05) is 0 Å². The largest absolute Gasteiger partial charge is 0.483 e. The molecule has 1 amide bonds. The van der Waals surface area contributed by atoms with Crippen LogP contribution in [0.3, 0.4) is 0 Å². The summed E-state index contributed by atoms with van der Waals surface area (Å²) in [6, 6.07) is 6.18. The second-order valence-electron chi connectivity index (χ2n) is 6.96. The van der Waals surface area contributed by atoms with Crippen LogP contribution in [0.1, 0.15) is 5.56 Å². The highest BCUT2D eigenvalue weighted by Gasteiger charge is 2.36. The van der Waals surface area contributed by atoms with Crippen LogP contribution in [-0.4, -0.2) is 61.2 Å². The third kappa shape index (κ3) is 5.57. The van der Waals surface area contributed by atoms with Crippen LogP contribution < -0.4 is 4.74 Å². The fourth-order valence-electron chi connectivity index (χ4n) is 3.14. The maximum Gasteiger partial charge on any atom is 0.420 e. The second kappa shape index (κ2) is 9.31. The molecule has 1 fully saturated rings. The first-order valence-electron chi connectivity index (χ1n) is 9.41. The molecule has 0 aromatic heterocycles. The summed E-state index contributed by atoms with van der Waals surface area (Å²) in [5.74, 6) is -2.01. The van der Waals surface area contributed by atoms with Crippen molar-refractivity contribution in [3.63, 3.8) is 0 Å². The smallest absolute Gasteiger partial charge is 0.420 e. The molecule has 1 saturated heterocycles. The third-order valence-corrected chi connectivity index (χ3v) is 6.79. The van der Waals surface area contributed by atoms with E-state index >= 15 is 0 Å².